The summed E-state index contributed by atoms with van der Waals surface area (Å²) in [6.07, 6.45) is 2.29. The number of anilines is 1. The number of nitrogens with zero attached hydrogens (tertiary/aromatic N) is 2. The van der Waals surface area contributed by atoms with E-state index in [-0.39, 0.29) is 25.1 Å². The van der Waals surface area contributed by atoms with Crippen molar-refractivity contribution in [3.63, 3.8) is 0 Å². The van der Waals surface area contributed by atoms with Crippen LogP contribution in [0.2, 0.25) is 0 Å². The highest BCUT2D eigenvalue weighted by Crippen LogP contribution is 2.44. The maximum Gasteiger partial charge on any atom is 0.414 e. The summed E-state index contributed by atoms with van der Waals surface area (Å²) in [7, 11) is 0. The summed E-state index contributed by atoms with van der Waals surface area (Å²) in [5.74, 6) is 0.144. The van der Waals surface area contributed by atoms with E-state index in [2.05, 4.69) is 39.6 Å². The monoisotopic (exact) mass is 347 g/mol. The van der Waals surface area contributed by atoms with Gasteiger partial charge in [-0.25, -0.2) is 14.8 Å². The molecule has 0 atom stereocenters. The maximum absolute atomic E-state index is 12.1. The molecule has 3 aromatic rings. The third-order valence-corrected chi connectivity index (χ3v) is 4.45. The molecule has 0 saturated carbocycles. The van der Waals surface area contributed by atoms with Gasteiger partial charge in [0.15, 0.2) is 0 Å². The van der Waals surface area contributed by atoms with E-state index < -0.39 is 6.09 Å². The summed E-state index contributed by atoms with van der Waals surface area (Å²) in [6, 6.07) is 16.3. The van der Waals surface area contributed by atoms with Gasteiger partial charge in [-0.3, -0.25) is 5.32 Å². The second kappa shape index (κ2) is 6.93. The predicted octanol–water partition coefficient (Wildman–Crippen LogP) is 3.33. The standard InChI is InChI=1S/C20H17N3O3/c24-11-13-9-21-19(22-10-13)23-20(25)26-12-18-16-7-3-1-5-14(16)15-6-2-4-8-17(15)18/h1-10,18,24H,11-12H2,(H,21,22,23,25). The van der Waals surface area contributed by atoms with Gasteiger partial charge in [-0.2, -0.15) is 0 Å². The van der Waals surface area contributed by atoms with E-state index in [1.807, 2.05) is 24.3 Å². The number of rotatable bonds is 4. The van der Waals surface area contributed by atoms with E-state index in [0.29, 0.717) is 5.56 Å². The molecule has 1 aliphatic rings. The maximum atomic E-state index is 12.1. The zero-order chi connectivity index (χ0) is 17.9. The van der Waals surface area contributed by atoms with Gasteiger partial charge in [0.25, 0.3) is 0 Å². The van der Waals surface area contributed by atoms with Crippen LogP contribution in [0.3, 0.4) is 0 Å². The highest BCUT2D eigenvalue weighted by atomic mass is 16.5. The molecule has 1 amide bonds. The Balaban J connectivity index is 1.46. The number of nitrogens with one attached hydrogen (secondary N) is 1. The van der Waals surface area contributed by atoms with Gasteiger partial charge >= 0.3 is 6.09 Å². The van der Waals surface area contributed by atoms with Crippen LogP contribution in [0.4, 0.5) is 10.7 Å². The third-order valence-electron chi connectivity index (χ3n) is 4.45. The first-order valence-corrected chi connectivity index (χ1v) is 8.30. The number of amides is 1. The first-order valence-electron chi connectivity index (χ1n) is 8.30. The van der Waals surface area contributed by atoms with Gasteiger partial charge in [-0.15, -0.1) is 0 Å². The molecule has 130 valence electrons. The smallest absolute Gasteiger partial charge is 0.414 e. The van der Waals surface area contributed by atoms with Crippen molar-refractivity contribution >= 4 is 12.0 Å². The van der Waals surface area contributed by atoms with Crippen LogP contribution in [0.1, 0.15) is 22.6 Å². The molecule has 2 aromatic carbocycles. The van der Waals surface area contributed by atoms with Crippen LogP contribution < -0.4 is 5.32 Å². The van der Waals surface area contributed by atoms with E-state index in [4.69, 9.17) is 9.84 Å². The summed E-state index contributed by atoms with van der Waals surface area (Å²) >= 11 is 0. The normalized spacial score (nSPS) is 12.3. The predicted molar refractivity (Wildman–Crippen MR) is 96.6 cm³/mol. The van der Waals surface area contributed by atoms with Crippen LogP contribution >= 0.6 is 0 Å². The molecule has 1 aromatic heterocycles. The summed E-state index contributed by atoms with van der Waals surface area (Å²) in [5.41, 5.74) is 5.25. The van der Waals surface area contributed by atoms with Gasteiger partial charge in [0.2, 0.25) is 5.95 Å². The van der Waals surface area contributed by atoms with Crippen molar-refractivity contribution in [2.75, 3.05) is 11.9 Å². The molecule has 4 rings (SSSR count). The van der Waals surface area contributed by atoms with E-state index >= 15 is 0 Å². The van der Waals surface area contributed by atoms with Crippen LogP contribution in [-0.2, 0) is 11.3 Å². The molecule has 2 N–H and O–H groups in total. The van der Waals surface area contributed by atoms with Gasteiger partial charge in [-0.1, -0.05) is 48.5 Å². The summed E-state index contributed by atoms with van der Waals surface area (Å²) in [4.78, 5) is 20.0. The fraction of sp³-hybridized carbons (Fsp3) is 0.150. The van der Waals surface area contributed by atoms with Gasteiger partial charge in [0, 0.05) is 23.9 Å². The highest BCUT2D eigenvalue weighted by molar-refractivity contribution is 5.83. The largest absolute Gasteiger partial charge is 0.448 e. The number of ether oxygens (including phenoxy) is 1. The van der Waals surface area contributed by atoms with E-state index in [9.17, 15) is 4.79 Å². The van der Waals surface area contributed by atoms with Gasteiger partial charge in [0.05, 0.1) is 6.61 Å². The summed E-state index contributed by atoms with van der Waals surface area (Å²) < 4.78 is 5.42. The second-order valence-electron chi connectivity index (χ2n) is 6.02. The number of aromatic nitrogens is 2. The van der Waals surface area contributed by atoms with Crippen LogP contribution in [0.5, 0.6) is 0 Å². The second-order valence-corrected chi connectivity index (χ2v) is 6.02. The number of aliphatic hydroxyl groups is 1. The number of carbonyl (C=O) groups is 1. The molecule has 26 heavy (non-hydrogen) atoms. The zero-order valence-electron chi connectivity index (χ0n) is 13.9. The molecule has 1 aliphatic carbocycles. The van der Waals surface area contributed by atoms with Crippen LogP contribution in [0.15, 0.2) is 60.9 Å². The van der Waals surface area contributed by atoms with E-state index in [1.54, 1.807) is 0 Å². The SMILES string of the molecule is O=C(Nc1ncc(CO)cn1)OCC1c2ccccc2-c2ccccc21. The molecule has 0 bridgehead atoms. The van der Waals surface area contributed by atoms with Crippen molar-refractivity contribution in [3.05, 3.63) is 77.6 Å². The molecule has 0 unspecified atom stereocenters. The minimum absolute atomic E-state index is 0.00540. The quantitative estimate of drug-likeness (QED) is 0.756. The highest BCUT2D eigenvalue weighted by Gasteiger charge is 2.29. The number of aliphatic hydroxyl groups excluding tert-OH is 1. The fourth-order valence-corrected chi connectivity index (χ4v) is 3.23. The number of carbonyl (C=O) groups excluding carboxylic acids is 1. The van der Waals surface area contributed by atoms with Gasteiger partial charge < -0.3 is 9.84 Å². The Kier molecular flexibility index (Phi) is 4.33. The Morgan fingerprint density at radius 3 is 2.15 bits per heavy atom. The average molecular weight is 347 g/mol. The molecule has 0 fully saturated rings. The Morgan fingerprint density at radius 2 is 1.58 bits per heavy atom. The van der Waals surface area contributed by atoms with Crippen molar-refractivity contribution < 1.29 is 14.6 Å². The van der Waals surface area contributed by atoms with Crippen LogP contribution in [0, 0.1) is 0 Å². The molecular formula is C20H17N3O3. The van der Waals surface area contributed by atoms with Crippen LogP contribution in [-0.4, -0.2) is 27.8 Å². The molecule has 0 saturated heterocycles. The van der Waals surface area contributed by atoms with Crippen molar-refractivity contribution in [2.45, 2.75) is 12.5 Å². The average Bonchev–Trinajstić information content (AvgIpc) is 3.01. The van der Waals surface area contributed by atoms with Gasteiger partial charge in [-0.05, 0) is 22.3 Å². The molecule has 1 heterocycles. The molecule has 6 nitrogen and oxygen atoms in total. The Morgan fingerprint density at radius 1 is 1.00 bits per heavy atom. The lowest BCUT2D eigenvalue weighted by Crippen LogP contribution is -2.19. The van der Waals surface area contributed by atoms with E-state index in [0.717, 1.165) is 11.1 Å². The lowest BCUT2D eigenvalue weighted by atomic mass is 9.98. The van der Waals surface area contributed by atoms with E-state index in [1.165, 1.54) is 23.5 Å². The lowest BCUT2D eigenvalue weighted by molar-refractivity contribution is 0.158. The molecule has 0 radical (unpaired) electrons. The molecule has 0 spiro atoms. The lowest BCUT2D eigenvalue weighted by Gasteiger charge is -2.14. The minimum Gasteiger partial charge on any atom is -0.448 e. The Labute approximate surface area is 150 Å². The first kappa shape index (κ1) is 16.2. The summed E-state index contributed by atoms with van der Waals surface area (Å²) in [5, 5.41) is 11.5. The zero-order valence-corrected chi connectivity index (χ0v) is 13.9. The number of hydrogen-bond donors (Lipinski definition) is 2. The first-order chi connectivity index (χ1) is 12.8. The van der Waals surface area contributed by atoms with Crippen molar-refractivity contribution in [3.8, 4) is 11.1 Å². The Bertz CT molecular complexity index is 896. The molecular weight excluding hydrogens is 330 g/mol. The third kappa shape index (κ3) is 3.02. The number of benzene rings is 2. The summed E-state index contributed by atoms with van der Waals surface area (Å²) in [6.45, 7) is 0.0831. The number of fused-ring (bicyclic) bond motifs is 3. The van der Waals surface area contributed by atoms with Gasteiger partial charge in [0.1, 0.15) is 6.61 Å². The minimum atomic E-state index is -0.608. The molecule has 0 aliphatic heterocycles. The Hall–Kier alpha value is -3.25. The van der Waals surface area contributed by atoms with Crippen molar-refractivity contribution in [1.29, 1.82) is 0 Å². The fourth-order valence-electron chi connectivity index (χ4n) is 3.23. The van der Waals surface area contributed by atoms with Crippen LogP contribution in [0.25, 0.3) is 11.1 Å². The van der Waals surface area contributed by atoms with Crippen molar-refractivity contribution in [1.82, 2.24) is 9.97 Å². The topological polar surface area (TPSA) is 84.3 Å². The van der Waals surface area contributed by atoms with Crippen molar-refractivity contribution in [2.24, 2.45) is 0 Å². The number of hydrogen-bond acceptors (Lipinski definition) is 5. The molecule has 6 heteroatoms.